The van der Waals surface area contributed by atoms with E-state index in [2.05, 4.69) is 34.6 Å². The molecule has 16 heavy (non-hydrogen) atoms. The quantitative estimate of drug-likeness (QED) is 0.397. The highest BCUT2D eigenvalue weighted by atomic mass is 14.1. The van der Waals surface area contributed by atoms with Gasteiger partial charge in [-0.3, -0.25) is 0 Å². The molecule has 0 aliphatic heterocycles. The Bertz CT molecular complexity index is 135. The number of hydrogen-bond donors (Lipinski definition) is 0. The Morgan fingerprint density at radius 3 is 1.50 bits per heavy atom. The maximum absolute atomic E-state index is 2.43. The molecule has 0 amide bonds. The Labute approximate surface area is 104 Å². The van der Waals surface area contributed by atoms with Gasteiger partial charge in [0.25, 0.3) is 0 Å². The molecular weight excluding hydrogens is 192 g/mol. The third-order valence-corrected chi connectivity index (χ3v) is 3.47. The van der Waals surface area contributed by atoms with Gasteiger partial charge in [-0.25, -0.2) is 0 Å². The van der Waals surface area contributed by atoms with E-state index in [4.69, 9.17) is 0 Å². The molecule has 0 rings (SSSR count). The third kappa shape index (κ3) is 12.1. The lowest BCUT2D eigenvalue weighted by molar-refractivity contribution is 0.408. The Balaban J connectivity index is 3.18. The topological polar surface area (TPSA) is 0 Å². The molecule has 0 fully saturated rings. The van der Waals surface area contributed by atoms with Crippen LogP contribution in [0.25, 0.3) is 0 Å². The summed E-state index contributed by atoms with van der Waals surface area (Å²) in [5, 5.41) is 0. The summed E-state index contributed by atoms with van der Waals surface area (Å²) in [6.45, 7) is 11.7. The average molecular weight is 226 g/mol. The minimum absolute atomic E-state index is 0.883. The molecule has 1 unspecified atom stereocenters. The van der Waals surface area contributed by atoms with Gasteiger partial charge in [0.1, 0.15) is 0 Å². The van der Waals surface area contributed by atoms with Crippen LogP contribution in [0.1, 0.15) is 86.0 Å². The summed E-state index contributed by atoms with van der Waals surface area (Å²) in [5.41, 5.74) is 0. The SMILES string of the molecule is CC(C)CCCCCCC(C)CCC(C)C. The fourth-order valence-electron chi connectivity index (χ4n) is 2.16. The second-order valence-corrected chi connectivity index (χ2v) is 6.46. The van der Waals surface area contributed by atoms with Crippen molar-refractivity contribution in [1.82, 2.24) is 0 Å². The van der Waals surface area contributed by atoms with Crippen molar-refractivity contribution in [3.63, 3.8) is 0 Å². The molecule has 0 saturated carbocycles. The van der Waals surface area contributed by atoms with E-state index in [1.54, 1.807) is 0 Å². The molecule has 0 aliphatic rings. The second kappa shape index (κ2) is 10.2. The van der Waals surface area contributed by atoms with Gasteiger partial charge in [0.2, 0.25) is 0 Å². The van der Waals surface area contributed by atoms with E-state index >= 15 is 0 Å². The molecule has 0 bridgehead atoms. The second-order valence-electron chi connectivity index (χ2n) is 6.46. The van der Waals surface area contributed by atoms with Gasteiger partial charge >= 0.3 is 0 Å². The molecule has 0 aromatic carbocycles. The maximum Gasteiger partial charge on any atom is -0.0443 e. The van der Waals surface area contributed by atoms with E-state index in [-0.39, 0.29) is 0 Å². The van der Waals surface area contributed by atoms with Crippen LogP contribution in [-0.2, 0) is 0 Å². The third-order valence-electron chi connectivity index (χ3n) is 3.47. The van der Waals surface area contributed by atoms with Gasteiger partial charge in [0.05, 0.1) is 0 Å². The lowest BCUT2D eigenvalue weighted by atomic mass is 9.94. The molecule has 0 N–H and O–H groups in total. The van der Waals surface area contributed by atoms with Gasteiger partial charge in [0.15, 0.2) is 0 Å². The summed E-state index contributed by atoms with van der Waals surface area (Å²) in [7, 11) is 0. The Morgan fingerprint density at radius 1 is 0.500 bits per heavy atom. The molecule has 0 aliphatic carbocycles. The molecule has 0 aromatic rings. The van der Waals surface area contributed by atoms with Crippen molar-refractivity contribution in [1.29, 1.82) is 0 Å². The smallest absolute Gasteiger partial charge is 0.0443 e. The van der Waals surface area contributed by atoms with Crippen molar-refractivity contribution < 1.29 is 0 Å². The van der Waals surface area contributed by atoms with E-state index in [1.807, 2.05) is 0 Å². The summed E-state index contributed by atoms with van der Waals surface area (Å²) >= 11 is 0. The molecule has 0 heteroatoms. The fourth-order valence-corrected chi connectivity index (χ4v) is 2.16. The molecule has 0 aromatic heterocycles. The molecule has 1 atom stereocenters. The molecule has 0 radical (unpaired) electrons. The van der Waals surface area contributed by atoms with Crippen LogP contribution >= 0.6 is 0 Å². The number of unbranched alkanes of at least 4 members (excludes halogenated alkanes) is 3. The van der Waals surface area contributed by atoms with Crippen molar-refractivity contribution in [2.75, 3.05) is 0 Å². The number of hydrogen-bond acceptors (Lipinski definition) is 0. The largest absolute Gasteiger partial charge is 0.0628 e. The van der Waals surface area contributed by atoms with Crippen LogP contribution in [0.5, 0.6) is 0 Å². The monoisotopic (exact) mass is 226 g/mol. The predicted octanol–water partition coefficient (Wildman–Crippen LogP) is 6.06. The van der Waals surface area contributed by atoms with E-state index in [0.29, 0.717) is 0 Å². The summed E-state index contributed by atoms with van der Waals surface area (Å²) in [4.78, 5) is 0. The first-order valence-electron chi connectivity index (χ1n) is 7.52. The highest BCUT2D eigenvalue weighted by Gasteiger charge is 2.03. The van der Waals surface area contributed by atoms with E-state index < -0.39 is 0 Å². The molecule has 0 heterocycles. The molecule has 98 valence electrons. The number of rotatable bonds is 10. The average Bonchev–Trinajstić information content (AvgIpc) is 2.19. The van der Waals surface area contributed by atoms with Crippen molar-refractivity contribution in [2.24, 2.45) is 17.8 Å². The summed E-state index contributed by atoms with van der Waals surface area (Å²) < 4.78 is 0. The van der Waals surface area contributed by atoms with Gasteiger partial charge in [-0.15, -0.1) is 0 Å². The normalized spacial score (nSPS) is 13.7. The lowest BCUT2D eigenvalue weighted by Crippen LogP contribution is -1.98. The Hall–Kier alpha value is 0. The van der Waals surface area contributed by atoms with Crippen LogP contribution in [0.15, 0.2) is 0 Å². The predicted molar refractivity (Wildman–Crippen MR) is 75.8 cm³/mol. The van der Waals surface area contributed by atoms with E-state index in [9.17, 15) is 0 Å². The van der Waals surface area contributed by atoms with Crippen molar-refractivity contribution in [3.05, 3.63) is 0 Å². The first-order chi connectivity index (χ1) is 7.52. The molecule has 0 nitrogen and oxygen atoms in total. The first kappa shape index (κ1) is 16.0. The van der Waals surface area contributed by atoms with E-state index in [1.165, 1.54) is 51.4 Å². The summed E-state index contributed by atoms with van der Waals surface area (Å²) in [6.07, 6.45) is 11.5. The lowest BCUT2D eigenvalue weighted by Gasteiger charge is -2.12. The maximum atomic E-state index is 2.43. The van der Waals surface area contributed by atoms with Gasteiger partial charge in [-0.2, -0.15) is 0 Å². The Morgan fingerprint density at radius 2 is 1.00 bits per heavy atom. The van der Waals surface area contributed by atoms with Crippen LogP contribution in [-0.4, -0.2) is 0 Å². The van der Waals surface area contributed by atoms with Crippen LogP contribution in [0.4, 0.5) is 0 Å². The first-order valence-corrected chi connectivity index (χ1v) is 7.52. The van der Waals surface area contributed by atoms with Gasteiger partial charge < -0.3 is 0 Å². The van der Waals surface area contributed by atoms with E-state index in [0.717, 1.165) is 17.8 Å². The summed E-state index contributed by atoms with van der Waals surface area (Å²) in [6, 6.07) is 0. The van der Waals surface area contributed by atoms with Crippen molar-refractivity contribution in [3.8, 4) is 0 Å². The van der Waals surface area contributed by atoms with Crippen LogP contribution in [0.3, 0.4) is 0 Å². The van der Waals surface area contributed by atoms with Crippen LogP contribution in [0, 0.1) is 17.8 Å². The standard InChI is InChI=1S/C16H34/c1-14(2)10-8-6-7-9-11-16(5)13-12-15(3)4/h14-16H,6-13H2,1-5H3. The van der Waals surface area contributed by atoms with Crippen molar-refractivity contribution in [2.45, 2.75) is 86.0 Å². The minimum Gasteiger partial charge on any atom is -0.0628 e. The van der Waals surface area contributed by atoms with Gasteiger partial charge in [-0.05, 0) is 17.8 Å². The minimum atomic E-state index is 0.883. The zero-order valence-corrected chi connectivity index (χ0v) is 12.4. The molecule has 0 saturated heterocycles. The van der Waals surface area contributed by atoms with Crippen LogP contribution < -0.4 is 0 Å². The zero-order valence-electron chi connectivity index (χ0n) is 12.4. The fraction of sp³-hybridized carbons (Fsp3) is 1.00. The highest BCUT2D eigenvalue weighted by molar-refractivity contribution is 4.56. The van der Waals surface area contributed by atoms with Gasteiger partial charge in [-0.1, -0.05) is 86.0 Å². The van der Waals surface area contributed by atoms with Crippen LogP contribution in [0.2, 0.25) is 0 Å². The Kier molecular flexibility index (Phi) is 10.2. The highest BCUT2D eigenvalue weighted by Crippen LogP contribution is 2.18. The zero-order chi connectivity index (χ0) is 12.4. The molecular formula is C16H34. The molecule has 0 spiro atoms. The van der Waals surface area contributed by atoms with Gasteiger partial charge in [0, 0.05) is 0 Å². The van der Waals surface area contributed by atoms with Crippen molar-refractivity contribution >= 4 is 0 Å². The summed E-state index contributed by atoms with van der Waals surface area (Å²) in [5.74, 6) is 2.73.